The summed E-state index contributed by atoms with van der Waals surface area (Å²) in [6, 6.07) is 7.54. The molecule has 2 aromatic carbocycles. The van der Waals surface area contributed by atoms with E-state index in [-0.39, 0.29) is 31.2 Å². The van der Waals surface area contributed by atoms with Gasteiger partial charge in [-0.3, -0.25) is 4.79 Å². The van der Waals surface area contributed by atoms with Gasteiger partial charge in [0.2, 0.25) is 12.5 Å². The summed E-state index contributed by atoms with van der Waals surface area (Å²) in [5.41, 5.74) is 2.99. The third-order valence-electron chi connectivity index (χ3n) is 7.90. The van der Waals surface area contributed by atoms with E-state index in [9.17, 15) is 9.59 Å². The quantitative estimate of drug-likeness (QED) is 0.394. The van der Waals surface area contributed by atoms with Crippen LogP contribution in [0.5, 0.6) is 28.7 Å². The molecule has 1 aliphatic carbocycles. The molecular formula is C29H32O9. The summed E-state index contributed by atoms with van der Waals surface area (Å²) in [5, 5.41) is 0. The van der Waals surface area contributed by atoms with Gasteiger partial charge in [0.15, 0.2) is 23.0 Å². The molecular weight excluding hydrogens is 492 g/mol. The van der Waals surface area contributed by atoms with Crippen LogP contribution in [0, 0.1) is 11.8 Å². The van der Waals surface area contributed by atoms with Gasteiger partial charge < -0.3 is 33.2 Å². The molecule has 0 bridgehead atoms. The number of rotatable bonds is 6. The van der Waals surface area contributed by atoms with Gasteiger partial charge in [-0.15, -0.1) is 0 Å². The number of methoxy groups -OCH3 is 3. The molecule has 3 aliphatic rings. The summed E-state index contributed by atoms with van der Waals surface area (Å²) in [6.45, 7) is 5.77. The zero-order valence-electron chi connectivity index (χ0n) is 22.4. The Morgan fingerprint density at radius 3 is 2.13 bits per heavy atom. The number of hydrogen-bond donors (Lipinski definition) is 0. The van der Waals surface area contributed by atoms with Crippen molar-refractivity contribution in [3.05, 3.63) is 52.6 Å². The molecule has 0 spiro atoms. The molecule has 5 atom stereocenters. The highest BCUT2D eigenvalue weighted by Gasteiger charge is 2.53. The van der Waals surface area contributed by atoms with Crippen LogP contribution in [-0.2, 0) is 19.1 Å². The lowest BCUT2D eigenvalue weighted by Crippen LogP contribution is -2.30. The lowest BCUT2D eigenvalue weighted by Gasteiger charge is -2.30. The fourth-order valence-electron chi connectivity index (χ4n) is 5.86. The average Bonchev–Trinajstić information content (AvgIpc) is 3.53. The van der Waals surface area contributed by atoms with Crippen LogP contribution in [0.2, 0.25) is 0 Å². The summed E-state index contributed by atoms with van der Waals surface area (Å²) in [5.74, 6) is 0.263. The summed E-state index contributed by atoms with van der Waals surface area (Å²) < 4.78 is 39.9. The van der Waals surface area contributed by atoms with Gasteiger partial charge in [0.25, 0.3) is 0 Å². The molecule has 38 heavy (non-hydrogen) atoms. The highest BCUT2D eigenvalue weighted by Crippen LogP contribution is 2.57. The van der Waals surface area contributed by atoms with E-state index >= 15 is 0 Å². The molecule has 1 unspecified atom stereocenters. The van der Waals surface area contributed by atoms with Crippen LogP contribution in [0.25, 0.3) is 0 Å². The van der Waals surface area contributed by atoms with E-state index in [1.807, 2.05) is 24.3 Å². The van der Waals surface area contributed by atoms with Crippen LogP contribution in [0.15, 0.2) is 35.9 Å². The second-order valence-corrected chi connectivity index (χ2v) is 9.72. The maximum absolute atomic E-state index is 13.4. The Bertz CT molecular complexity index is 1270. The van der Waals surface area contributed by atoms with E-state index in [4.69, 9.17) is 33.2 Å². The molecule has 2 aromatic rings. The fraction of sp³-hybridized carbons (Fsp3) is 0.448. The van der Waals surface area contributed by atoms with E-state index in [0.29, 0.717) is 34.3 Å². The summed E-state index contributed by atoms with van der Waals surface area (Å²) in [7, 11) is 4.65. The van der Waals surface area contributed by atoms with Gasteiger partial charge in [-0.05, 0) is 55.2 Å². The van der Waals surface area contributed by atoms with Crippen LogP contribution in [0.3, 0.4) is 0 Å². The van der Waals surface area contributed by atoms with Crippen molar-refractivity contribution in [2.75, 3.05) is 34.7 Å². The third-order valence-corrected chi connectivity index (χ3v) is 7.90. The van der Waals surface area contributed by atoms with Crippen molar-refractivity contribution >= 4 is 11.9 Å². The molecule has 9 heteroatoms. The molecule has 2 aliphatic heterocycles. The van der Waals surface area contributed by atoms with Crippen molar-refractivity contribution in [3.63, 3.8) is 0 Å². The van der Waals surface area contributed by atoms with Gasteiger partial charge in [-0.25, -0.2) is 4.79 Å². The monoisotopic (exact) mass is 524 g/mol. The lowest BCUT2D eigenvalue weighted by molar-refractivity contribution is -0.149. The van der Waals surface area contributed by atoms with Crippen LogP contribution in [-0.4, -0.2) is 46.7 Å². The molecule has 0 saturated carbocycles. The van der Waals surface area contributed by atoms with Gasteiger partial charge in [-0.2, -0.15) is 0 Å². The van der Waals surface area contributed by atoms with Gasteiger partial charge in [-0.1, -0.05) is 13.0 Å². The Morgan fingerprint density at radius 1 is 0.921 bits per heavy atom. The first-order valence-corrected chi connectivity index (χ1v) is 12.6. The number of fused-ring (bicyclic) bond motifs is 3. The maximum atomic E-state index is 13.4. The minimum Gasteiger partial charge on any atom is -0.493 e. The largest absolute Gasteiger partial charge is 0.493 e. The molecule has 0 aromatic heterocycles. The first-order valence-electron chi connectivity index (χ1n) is 12.6. The number of carbonyl (C=O) groups excluding carboxylic acids is 2. The number of hydrogen-bond acceptors (Lipinski definition) is 9. The lowest BCUT2D eigenvalue weighted by atomic mass is 9.72. The topological polar surface area (TPSA) is 98.8 Å². The Balaban J connectivity index is 1.72. The smallest absolute Gasteiger partial charge is 0.333 e. The Labute approximate surface area is 221 Å². The van der Waals surface area contributed by atoms with Crippen molar-refractivity contribution in [1.82, 2.24) is 0 Å². The highest BCUT2D eigenvalue weighted by molar-refractivity contribution is 5.88. The van der Waals surface area contributed by atoms with Gasteiger partial charge in [0, 0.05) is 23.0 Å². The minimum atomic E-state index is -0.729. The van der Waals surface area contributed by atoms with Gasteiger partial charge in [0.05, 0.1) is 33.9 Å². The Hall–Kier alpha value is -3.88. The van der Waals surface area contributed by atoms with Crippen LogP contribution < -0.4 is 23.7 Å². The van der Waals surface area contributed by atoms with E-state index in [1.165, 1.54) is 0 Å². The highest BCUT2D eigenvalue weighted by atomic mass is 16.7. The molecule has 5 rings (SSSR count). The molecule has 1 fully saturated rings. The molecule has 9 nitrogen and oxygen atoms in total. The van der Waals surface area contributed by atoms with E-state index in [0.717, 1.165) is 16.7 Å². The summed E-state index contributed by atoms with van der Waals surface area (Å²) >= 11 is 0. The first kappa shape index (κ1) is 25.8. The average molecular weight is 525 g/mol. The number of ether oxygens (including phenoxy) is 7. The Kier molecular flexibility index (Phi) is 6.86. The summed E-state index contributed by atoms with van der Waals surface area (Å²) in [6.07, 6.45) is 0.974. The van der Waals surface area contributed by atoms with Crippen LogP contribution >= 0.6 is 0 Å². The van der Waals surface area contributed by atoms with Crippen molar-refractivity contribution in [1.29, 1.82) is 0 Å². The van der Waals surface area contributed by atoms with Crippen molar-refractivity contribution in [3.8, 4) is 28.7 Å². The molecule has 202 valence electrons. The molecule has 2 heterocycles. The first-order chi connectivity index (χ1) is 18.3. The molecule has 0 amide bonds. The molecule has 0 N–H and O–H groups in total. The standard InChI is InChI=1S/C29H32O9/c1-7-14(2)28(30)38-26-18-11-21-20(36-13-37-21)10-17(18)15(3)24(25-19(26)12-35-29(25)31)16-8-22(32-4)27(34-6)23(9-16)33-5/h7-11,15,19,24-26H,12-13H2,1-6H3/b14-7-/t15?,19-,24-,25-,26-/m0/s1. The van der Waals surface area contributed by atoms with Gasteiger partial charge >= 0.3 is 11.9 Å². The van der Waals surface area contributed by atoms with Crippen molar-refractivity contribution in [2.45, 2.75) is 38.7 Å². The number of benzene rings is 2. The van der Waals surface area contributed by atoms with E-state index in [2.05, 4.69) is 6.92 Å². The predicted octanol–water partition coefficient (Wildman–Crippen LogP) is 4.68. The number of cyclic esters (lactones) is 1. The fourth-order valence-corrected chi connectivity index (χ4v) is 5.86. The normalized spacial score (nSPS) is 25.6. The van der Waals surface area contributed by atoms with Crippen molar-refractivity contribution < 1.29 is 42.7 Å². The number of allylic oxidation sites excluding steroid dienone is 1. The molecule has 1 saturated heterocycles. The van der Waals surface area contributed by atoms with Crippen LogP contribution in [0.4, 0.5) is 0 Å². The number of esters is 2. The SMILES string of the molecule is C/C=C(/C)C(=O)O[C@H]1c2cc3c(cc2C(C)[C@@H](c2cc(OC)c(OC)c(OC)c2)[C@H]2C(=O)OC[C@@H]21)OCO3. The zero-order chi connectivity index (χ0) is 27.1. The van der Waals surface area contributed by atoms with E-state index in [1.54, 1.807) is 41.3 Å². The second-order valence-electron chi connectivity index (χ2n) is 9.72. The number of carbonyl (C=O) groups is 2. The van der Waals surface area contributed by atoms with Crippen molar-refractivity contribution in [2.24, 2.45) is 11.8 Å². The minimum absolute atomic E-state index is 0.110. The predicted molar refractivity (Wildman–Crippen MR) is 136 cm³/mol. The summed E-state index contributed by atoms with van der Waals surface area (Å²) in [4.78, 5) is 26.4. The van der Waals surface area contributed by atoms with E-state index < -0.39 is 23.9 Å². The molecule has 0 radical (unpaired) electrons. The van der Waals surface area contributed by atoms with Crippen LogP contribution in [0.1, 0.15) is 55.4 Å². The third kappa shape index (κ3) is 4.10. The van der Waals surface area contributed by atoms with Gasteiger partial charge in [0.1, 0.15) is 6.10 Å². The second kappa shape index (κ2) is 10.1. The maximum Gasteiger partial charge on any atom is 0.333 e. The Morgan fingerprint density at radius 2 is 1.55 bits per heavy atom. The zero-order valence-corrected chi connectivity index (χ0v) is 22.4.